The average molecular weight is 367 g/mol. The van der Waals surface area contributed by atoms with Gasteiger partial charge in [-0.15, -0.1) is 10.2 Å². The molecule has 1 fully saturated rings. The first kappa shape index (κ1) is 19.3. The van der Waals surface area contributed by atoms with Gasteiger partial charge in [0, 0.05) is 19.6 Å². The normalized spacial score (nSPS) is 14.9. The highest BCUT2D eigenvalue weighted by atomic mass is 16.2. The number of hydrogen-bond donors (Lipinski definition) is 1. The largest absolute Gasteiger partial charge is 0.369 e. The van der Waals surface area contributed by atoms with Crippen molar-refractivity contribution < 1.29 is 4.79 Å². The molecule has 5 nitrogen and oxygen atoms in total. The molecule has 2 aromatic rings. The number of amides is 1. The molecule has 3 rings (SSSR count). The van der Waals surface area contributed by atoms with E-state index in [1.54, 1.807) is 6.07 Å². The van der Waals surface area contributed by atoms with E-state index in [4.69, 9.17) is 0 Å². The van der Waals surface area contributed by atoms with Gasteiger partial charge in [-0.1, -0.05) is 50.1 Å². The molecule has 1 N–H and O–H groups in total. The molecule has 144 valence electrons. The molecule has 0 radical (unpaired) electrons. The Bertz CT molecular complexity index is 694. The maximum atomic E-state index is 12.7. The molecule has 1 aromatic carbocycles. The number of nitrogens with zero attached hydrogens (tertiary/aromatic N) is 3. The van der Waals surface area contributed by atoms with Crippen LogP contribution in [0, 0.1) is 5.92 Å². The van der Waals surface area contributed by atoms with Gasteiger partial charge in [-0.2, -0.15) is 0 Å². The van der Waals surface area contributed by atoms with Crippen LogP contribution in [-0.4, -0.2) is 40.6 Å². The average Bonchev–Trinajstić information content (AvgIpc) is 2.72. The summed E-state index contributed by atoms with van der Waals surface area (Å²) in [7, 11) is 0. The maximum absolute atomic E-state index is 12.7. The summed E-state index contributed by atoms with van der Waals surface area (Å²) in [5.41, 5.74) is 1.82. The smallest absolute Gasteiger partial charge is 0.274 e. The van der Waals surface area contributed by atoms with Crippen molar-refractivity contribution in [1.82, 2.24) is 15.1 Å². The van der Waals surface area contributed by atoms with Gasteiger partial charge in [0.15, 0.2) is 5.69 Å². The fourth-order valence-electron chi connectivity index (χ4n) is 3.58. The van der Waals surface area contributed by atoms with Gasteiger partial charge < -0.3 is 10.2 Å². The molecule has 0 spiro atoms. The fraction of sp³-hybridized carbons (Fsp3) is 0.500. The number of carbonyl (C=O) groups excluding carboxylic acids is 1. The van der Waals surface area contributed by atoms with E-state index in [9.17, 15) is 4.79 Å². The molecule has 0 saturated carbocycles. The van der Waals surface area contributed by atoms with Gasteiger partial charge in [-0.3, -0.25) is 4.79 Å². The van der Waals surface area contributed by atoms with Gasteiger partial charge in [0.25, 0.3) is 5.91 Å². The predicted molar refractivity (Wildman–Crippen MR) is 109 cm³/mol. The summed E-state index contributed by atoms with van der Waals surface area (Å²) >= 11 is 0. The lowest BCUT2D eigenvalue weighted by atomic mass is 9.90. The van der Waals surface area contributed by atoms with Crippen molar-refractivity contribution in [3.8, 4) is 0 Å². The van der Waals surface area contributed by atoms with Crippen LogP contribution >= 0.6 is 0 Å². The molecule has 0 atom stereocenters. The van der Waals surface area contributed by atoms with Crippen molar-refractivity contribution in [2.75, 3.05) is 25.0 Å². The Hall–Kier alpha value is -2.43. The molecular weight excluding hydrogens is 336 g/mol. The summed E-state index contributed by atoms with van der Waals surface area (Å²) in [6, 6.07) is 14.2. The Morgan fingerprint density at radius 1 is 1.07 bits per heavy atom. The Morgan fingerprint density at radius 2 is 1.85 bits per heavy atom. The van der Waals surface area contributed by atoms with Crippen molar-refractivity contribution in [1.29, 1.82) is 0 Å². The number of rotatable bonds is 8. The van der Waals surface area contributed by atoms with Gasteiger partial charge in [-0.05, 0) is 49.3 Å². The number of aromatic nitrogens is 2. The van der Waals surface area contributed by atoms with Gasteiger partial charge >= 0.3 is 0 Å². The SMILES string of the molecule is CCCCCNc1ccc(C(=O)N2CCC(Cc3ccccc3)CC2)nn1. The first-order valence-electron chi connectivity index (χ1n) is 10.2. The third-order valence-corrected chi connectivity index (χ3v) is 5.24. The van der Waals surface area contributed by atoms with E-state index >= 15 is 0 Å². The van der Waals surface area contributed by atoms with Crippen LogP contribution in [0.3, 0.4) is 0 Å². The van der Waals surface area contributed by atoms with Crippen LogP contribution in [0.4, 0.5) is 5.82 Å². The lowest BCUT2D eigenvalue weighted by Gasteiger charge is -2.31. The van der Waals surface area contributed by atoms with Crippen LogP contribution in [0.1, 0.15) is 55.1 Å². The molecule has 0 bridgehead atoms. The summed E-state index contributed by atoms with van der Waals surface area (Å²) in [4.78, 5) is 14.6. The monoisotopic (exact) mass is 366 g/mol. The zero-order valence-corrected chi connectivity index (χ0v) is 16.2. The number of carbonyl (C=O) groups is 1. The van der Waals surface area contributed by atoms with Crippen LogP contribution < -0.4 is 5.32 Å². The van der Waals surface area contributed by atoms with Crippen molar-refractivity contribution in [2.45, 2.75) is 45.4 Å². The number of nitrogens with one attached hydrogen (secondary N) is 1. The summed E-state index contributed by atoms with van der Waals surface area (Å²) in [5.74, 6) is 1.39. The molecule has 1 aromatic heterocycles. The molecule has 1 aliphatic rings. The van der Waals surface area contributed by atoms with Gasteiger partial charge in [0.1, 0.15) is 5.82 Å². The highest BCUT2D eigenvalue weighted by molar-refractivity contribution is 5.92. The summed E-state index contributed by atoms with van der Waals surface area (Å²) in [5, 5.41) is 11.5. The molecule has 1 aliphatic heterocycles. The minimum absolute atomic E-state index is 0.00167. The number of piperidine rings is 1. The molecule has 1 saturated heterocycles. The van der Waals surface area contributed by atoms with E-state index < -0.39 is 0 Å². The first-order valence-corrected chi connectivity index (χ1v) is 10.2. The predicted octanol–water partition coefficient (Wildman–Crippen LogP) is 4.17. The third kappa shape index (κ3) is 5.78. The summed E-state index contributed by atoms with van der Waals surface area (Å²) in [6.07, 6.45) is 6.72. The molecule has 0 unspecified atom stereocenters. The number of benzene rings is 1. The molecule has 5 heteroatoms. The van der Waals surface area contributed by atoms with Crippen LogP contribution in [0.2, 0.25) is 0 Å². The lowest BCUT2D eigenvalue weighted by Crippen LogP contribution is -2.39. The molecule has 2 heterocycles. The van der Waals surface area contributed by atoms with Crippen molar-refractivity contribution in [3.05, 3.63) is 53.7 Å². The van der Waals surface area contributed by atoms with Crippen molar-refractivity contribution in [2.24, 2.45) is 5.92 Å². The standard InChI is InChI=1S/C22H30N4O/c1-2-3-7-14-23-21-11-10-20(24-25-21)22(27)26-15-12-19(13-16-26)17-18-8-5-4-6-9-18/h4-6,8-11,19H,2-3,7,12-17H2,1H3,(H,23,25). The van der Waals surface area contributed by atoms with E-state index in [1.807, 2.05) is 11.0 Å². The third-order valence-electron chi connectivity index (χ3n) is 5.24. The number of anilines is 1. The molecular formula is C22H30N4O. The highest BCUT2D eigenvalue weighted by Gasteiger charge is 2.24. The van der Waals surface area contributed by atoms with Crippen LogP contribution in [0.15, 0.2) is 42.5 Å². The van der Waals surface area contributed by atoms with E-state index in [0.29, 0.717) is 11.6 Å². The summed E-state index contributed by atoms with van der Waals surface area (Å²) < 4.78 is 0. The number of hydrogen-bond acceptors (Lipinski definition) is 4. The van der Waals surface area contributed by atoms with E-state index in [0.717, 1.165) is 51.1 Å². The Labute approximate surface area is 162 Å². The van der Waals surface area contributed by atoms with Crippen molar-refractivity contribution >= 4 is 11.7 Å². The lowest BCUT2D eigenvalue weighted by molar-refractivity contribution is 0.0683. The number of unbranched alkanes of at least 4 members (excludes halogenated alkanes) is 2. The zero-order valence-electron chi connectivity index (χ0n) is 16.2. The Balaban J connectivity index is 1.46. The molecule has 0 aliphatic carbocycles. The van der Waals surface area contributed by atoms with E-state index in [1.165, 1.54) is 18.4 Å². The minimum atomic E-state index is -0.00167. The molecule has 1 amide bonds. The number of likely N-dealkylation sites (tertiary alicyclic amines) is 1. The zero-order chi connectivity index (χ0) is 18.9. The van der Waals surface area contributed by atoms with Crippen LogP contribution in [-0.2, 0) is 6.42 Å². The van der Waals surface area contributed by atoms with E-state index in [2.05, 4.69) is 52.8 Å². The second-order valence-electron chi connectivity index (χ2n) is 7.36. The summed E-state index contributed by atoms with van der Waals surface area (Å²) in [6.45, 7) is 4.68. The van der Waals surface area contributed by atoms with E-state index in [-0.39, 0.29) is 5.91 Å². The Kier molecular flexibility index (Phi) is 7.19. The van der Waals surface area contributed by atoms with Crippen LogP contribution in [0.25, 0.3) is 0 Å². The minimum Gasteiger partial charge on any atom is -0.369 e. The Morgan fingerprint density at radius 3 is 2.52 bits per heavy atom. The second kappa shape index (κ2) is 10.0. The van der Waals surface area contributed by atoms with Gasteiger partial charge in [-0.25, -0.2) is 0 Å². The van der Waals surface area contributed by atoms with Crippen LogP contribution in [0.5, 0.6) is 0 Å². The fourth-order valence-corrected chi connectivity index (χ4v) is 3.58. The quantitative estimate of drug-likeness (QED) is 0.712. The van der Waals surface area contributed by atoms with Gasteiger partial charge in [0.05, 0.1) is 0 Å². The second-order valence-corrected chi connectivity index (χ2v) is 7.36. The highest BCUT2D eigenvalue weighted by Crippen LogP contribution is 2.22. The first-order chi connectivity index (χ1) is 13.3. The molecule has 27 heavy (non-hydrogen) atoms. The maximum Gasteiger partial charge on any atom is 0.274 e. The topological polar surface area (TPSA) is 58.1 Å². The van der Waals surface area contributed by atoms with Gasteiger partial charge in [0.2, 0.25) is 0 Å². The van der Waals surface area contributed by atoms with Crippen molar-refractivity contribution in [3.63, 3.8) is 0 Å².